The van der Waals surface area contributed by atoms with Crippen molar-refractivity contribution in [3.05, 3.63) is 23.8 Å². The van der Waals surface area contributed by atoms with Crippen LogP contribution in [-0.2, 0) is 9.47 Å². The van der Waals surface area contributed by atoms with Crippen LogP contribution in [0.15, 0.2) is 18.2 Å². The van der Waals surface area contributed by atoms with Gasteiger partial charge in [0.05, 0.1) is 13.7 Å². The maximum Gasteiger partial charge on any atom is 0.410 e. The average Bonchev–Trinajstić information content (AvgIpc) is 2.89. The topological polar surface area (TPSA) is 77.5 Å². The molecule has 37 heavy (non-hydrogen) atoms. The summed E-state index contributed by atoms with van der Waals surface area (Å²) in [4.78, 5) is 30.6. The first-order valence-corrected chi connectivity index (χ1v) is 13.8. The molecule has 0 unspecified atom stereocenters. The fourth-order valence-electron chi connectivity index (χ4n) is 5.22. The molecule has 0 bridgehead atoms. The zero-order chi connectivity index (χ0) is 26.8. The van der Waals surface area contributed by atoms with Gasteiger partial charge in [-0.2, -0.15) is 0 Å². The standard InChI is InChI=1S/C29H46N2O6/c1-29(2,3)37-28(33)30-16-9-13-24(21-30)31(20-22-11-7-6-8-12-22)27(32)23-14-15-25(35-5)26(19-23)36-18-10-17-34-4/h14-15,19,22,24H,6-13,16-18,20-21H2,1-5H3/t24-/m1/s1. The van der Waals surface area contributed by atoms with E-state index < -0.39 is 5.60 Å². The number of rotatable bonds is 10. The van der Waals surface area contributed by atoms with Crippen LogP contribution in [0.1, 0.15) is 82.5 Å². The van der Waals surface area contributed by atoms with Gasteiger partial charge < -0.3 is 28.7 Å². The Bertz CT molecular complexity index is 878. The zero-order valence-electron chi connectivity index (χ0n) is 23.4. The Balaban J connectivity index is 1.81. The summed E-state index contributed by atoms with van der Waals surface area (Å²) >= 11 is 0. The van der Waals surface area contributed by atoms with Crippen LogP contribution in [0.4, 0.5) is 4.79 Å². The molecule has 2 fully saturated rings. The molecule has 0 N–H and O–H groups in total. The van der Waals surface area contributed by atoms with E-state index in [0.29, 0.717) is 55.8 Å². The minimum atomic E-state index is -0.551. The van der Waals surface area contributed by atoms with Gasteiger partial charge in [-0.05, 0) is 70.6 Å². The van der Waals surface area contributed by atoms with Crippen molar-refractivity contribution in [3.8, 4) is 11.5 Å². The Morgan fingerprint density at radius 1 is 1.00 bits per heavy atom. The third-order valence-corrected chi connectivity index (χ3v) is 7.09. The van der Waals surface area contributed by atoms with Crippen molar-refractivity contribution in [2.45, 2.75) is 83.8 Å². The van der Waals surface area contributed by atoms with E-state index in [0.717, 1.165) is 32.1 Å². The van der Waals surface area contributed by atoms with Crippen LogP contribution in [-0.4, -0.2) is 80.5 Å². The number of hydrogen-bond acceptors (Lipinski definition) is 6. The predicted molar refractivity (Wildman–Crippen MR) is 143 cm³/mol. The second-order valence-corrected chi connectivity index (χ2v) is 11.2. The molecule has 208 valence electrons. The molecule has 2 aliphatic rings. The number of nitrogens with zero attached hydrogens (tertiary/aromatic N) is 2. The summed E-state index contributed by atoms with van der Waals surface area (Å²) in [7, 11) is 3.26. The number of carbonyl (C=O) groups is 2. The zero-order valence-corrected chi connectivity index (χ0v) is 23.4. The summed E-state index contributed by atoms with van der Waals surface area (Å²) < 4.78 is 22.2. The number of piperidine rings is 1. The first-order valence-electron chi connectivity index (χ1n) is 13.8. The fourth-order valence-corrected chi connectivity index (χ4v) is 5.22. The quantitative estimate of drug-likeness (QED) is 0.379. The van der Waals surface area contributed by atoms with Crippen LogP contribution in [0.2, 0.25) is 0 Å². The van der Waals surface area contributed by atoms with E-state index in [4.69, 9.17) is 18.9 Å². The monoisotopic (exact) mass is 518 g/mol. The maximum atomic E-state index is 14.0. The minimum absolute atomic E-state index is 0.0222. The largest absolute Gasteiger partial charge is 0.493 e. The molecule has 1 aromatic rings. The summed E-state index contributed by atoms with van der Waals surface area (Å²) in [5.41, 5.74) is 0.0254. The summed E-state index contributed by atoms with van der Waals surface area (Å²) in [6, 6.07) is 5.34. The van der Waals surface area contributed by atoms with Gasteiger partial charge >= 0.3 is 6.09 Å². The fraction of sp³-hybridized carbons (Fsp3) is 0.724. The highest BCUT2D eigenvalue weighted by atomic mass is 16.6. The molecule has 0 radical (unpaired) electrons. The molecule has 2 amide bonds. The Morgan fingerprint density at radius 2 is 1.76 bits per heavy atom. The summed E-state index contributed by atoms with van der Waals surface area (Å²) in [5, 5.41) is 0. The van der Waals surface area contributed by atoms with Crippen LogP contribution < -0.4 is 9.47 Å². The van der Waals surface area contributed by atoms with Crippen LogP contribution in [0.25, 0.3) is 0 Å². The van der Waals surface area contributed by atoms with E-state index in [2.05, 4.69) is 0 Å². The van der Waals surface area contributed by atoms with Gasteiger partial charge in [-0.25, -0.2) is 4.79 Å². The number of benzene rings is 1. The van der Waals surface area contributed by atoms with Gasteiger partial charge in [0.15, 0.2) is 11.5 Å². The summed E-state index contributed by atoms with van der Waals surface area (Å²) in [6.07, 6.45) is 8.12. The highest BCUT2D eigenvalue weighted by Gasteiger charge is 2.34. The molecular formula is C29H46N2O6. The van der Waals surface area contributed by atoms with Gasteiger partial charge in [0.25, 0.3) is 5.91 Å². The van der Waals surface area contributed by atoms with Crippen LogP contribution in [0, 0.1) is 5.92 Å². The number of amides is 2. The number of methoxy groups -OCH3 is 2. The third-order valence-electron chi connectivity index (χ3n) is 7.09. The molecule has 1 aliphatic heterocycles. The van der Waals surface area contributed by atoms with Crippen molar-refractivity contribution in [3.63, 3.8) is 0 Å². The van der Waals surface area contributed by atoms with E-state index in [9.17, 15) is 9.59 Å². The third kappa shape index (κ3) is 8.80. The van der Waals surface area contributed by atoms with E-state index in [1.807, 2.05) is 31.7 Å². The number of likely N-dealkylation sites (tertiary alicyclic amines) is 1. The van der Waals surface area contributed by atoms with Crippen molar-refractivity contribution in [1.82, 2.24) is 9.80 Å². The van der Waals surface area contributed by atoms with Crippen molar-refractivity contribution < 1.29 is 28.5 Å². The highest BCUT2D eigenvalue weighted by molar-refractivity contribution is 5.95. The van der Waals surface area contributed by atoms with Crippen LogP contribution >= 0.6 is 0 Å². The second-order valence-electron chi connectivity index (χ2n) is 11.2. The Kier molecular flexibility index (Phi) is 10.9. The lowest BCUT2D eigenvalue weighted by atomic mass is 9.88. The minimum Gasteiger partial charge on any atom is -0.493 e. The molecular weight excluding hydrogens is 472 g/mol. The van der Waals surface area contributed by atoms with Crippen molar-refractivity contribution in [2.24, 2.45) is 5.92 Å². The average molecular weight is 519 g/mol. The summed E-state index contributed by atoms with van der Waals surface area (Å²) in [5.74, 6) is 1.62. The van der Waals surface area contributed by atoms with Gasteiger partial charge in [-0.3, -0.25) is 4.79 Å². The van der Waals surface area contributed by atoms with Crippen molar-refractivity contribution in [2.75, 3.05) is 47.1 Å². The van der Waals surface area contributed by atoms with E-state index in [-0.39, 0.29) is 18.0 Å². The molecule has 0 aromatic heterocycles. The molecule has 8 nitrogen and oxygen atoms in total. The molecule has 1 saturated carbocycles. The van der Waals surface area contributed by atoms with Gasteiger partial charge in [0.1, 0.15) is 5.60 Å². The van der Waals surface area contributed by atoms with Crippen LogP contribution in [0.3, 0.4) is 0 Å². The lowest BCUT2D eigenvalue weighted by molar-refractivity contribution is 0.00855. The van der Waals surface area contributed by atoms with Gasteiger partial charge in [-0.1, -0.05) is 19.3 Å². The first kappa shape index (κ1) is 29.1. The first-order chi connectivity index (χ1) is 17.7. The molecule has 1 heterocycles. The SMILES string of the molecule is COCCCOc1cc(C(=O)N(CC2CCCCC2)[C@@H]2CCCN(C(=O)OC(C)(C)C)C2)ccc1OC. The van der Waals surface area contributed by atoms with Crippen molar-refractivity contribution >= 4 is 12.0 Å². The molecule has 1 aromatic carbocycles. The van der Waals surface area contributed by atoms with Gasteiger partial charge in [0, 0.05) is 51.4 Å². The Morgan fingerprint density at radius 3 is 2.43 bits per heavy atom. The molecule has 1 atom stereocenters. The molecule has 8 heteroatoms. The maximum absolute atomic E-state index is 14.0. The van der Waals surface area contributed by atoms with E-state index in [1.54, 1.807) is 31.3 Å². The molecule has 1 aliphatic carbocycles. The lowest BCUT2D eigenvalue weighted by Crippen LogP contribution is -2.53. The van der Waals surface area contributed by atoms with Gasteiger partial charge in [-0.15, -0.1) is 0 Å². The predicted octanol–water partition coefficient (Wildman–Crippen LogP) is 5.53. The number of carbonyl (C=O) groups excluding carboxylic acids is 2. The Labute approximate surface area is 222 Å². The highest BCUT2D eigenvalue weighted by Crippen LogP contribution is 2.31. The smallest absolute Gasteiger partial charge is 0.410 e. The molecule has 0 spiro atoms. The van der Waals surface area contributed by atoms with Crippen LogP contribution in [0.5, 0.6) is 11.5 Å². The molecule has 1 saturated heterocycles. The molecule has 3 rings (SSSR count). The Hall–Kier alpha value is -2.48. The van der Waals surface area contributed by atoms with Crippen molar-refractivity contribution in [1.29, 1.82) is 0 Å². The second kappa shape index (κ2) is 13.9. The van der Waals surface area contributed by atoms with E-state index >= 15 is 0 Å². The number of ether oxygens (including phenoxy) is 4. The summed E-state index contributed by atoms with van der Waals surface area (Å²) in [6.45, 7) is 8.56. The van der Waals surface area contributed by atoms with E-state index in [1.165, 1.54) is 19.3 Å². The normalized spacial score (nSPS) is 18.8. The lowest BCUT2D eigenvalue weighted by Gasteiger charge is -2.41. The van der Waals surface area contributed by atoms with Gasteiger partial charge in [0.2, 0.25) is 0 Å². The number of hydrogen-bond donors (Lipinski definition) is 0.